The van der Waals surface area contributed by atoms with Gasteiger partial charge in [-0.1, -0.05) is 6.92 Å². The number of carbonyl (C=O) groups excluding carboxylic acids is 1. The number of ether oxygens (including phenoxy) is 1. The molecule has 0 spiro atoms. The number of amides is 1. The molecule has 0 aromatic rings. The Morgan fingerprint density at radius 1 is 1.50 bits per heavy atom. The Kier molecular flexibility index (Phi) is 4.97. The number of nitrogens with one attached hydrogen (secondary N) is 1. The van der Waals surface area contributed by atoms with Crippen LogP contribution in [0.2, 0.25) is 0 Å². The number of nitrogens with two attached hydrogens (primary N) is 1. The van der Waals surface area contributed by atoms with Crippen molar-refractivity contribution in [2.75, 3.05) is 32.8 Å². The number of rotatable bonds is 4. The summed E-state index contributed by atoms with van der Waals surface area (Å²) in [7, 11) is 0. The van der Waals surface area contributed by atoms with Crippen molar-refractivity contribution in [1.82, 2.24) is 10.2 Å². The minimum absolute atomic E-state index is 0.117. The lowest BCUT2D eigenvalue weighted by atomic mass is 10.1. The van der Waals surface area contributed by atoms with Crippen LogP contribution in [0.1, 0.15) is 26.2 Å². The van der Waals surface area contributed by atoms with E-state index in [0.29, 0.717) is 6.54 Å². The highest BCUT2D eigenvalue weighted by Crippen LogP contribution is 2.24. The molecule has 1 aliphatic carbocycles. The van der Waals surface area contributed by atoms with Crippen LogP contribution in [0.4, 0.5) is 0 Å². The first-order valence-electron chi connectivity index (χ1n) is 7.06. The average Bonchev–Trinajstić information content (AvgIpc) is 2.83. The Morgan fingerprint density at radius 3 is 3.00 bits per heavy atom. The van der Waals surface area contributed by atoms with Gasteiger partial charge in [0.2, 0.25) is 5.91 Å². The van der Waals surface area contributed by atoms with E-state index in [1.807, 2.05) is 0 Å². The largest absolute Gasteiger partial charge is 0.374 e. The molecule has 3 N–H and O–H groups in total. The van der Waals surface area contributed by atoms with E-state index < -0.39 is 0 Å². The van der Waals surface area contributed by atoms with Crippen LogP contribution in [0, 0.1) is 5.92 Å². The molecule has 1 saturated carbocycles. The van der Waals surface area contributed by atoms with E-state index in [0.717, 1.165) is 45.5 Å². The molecule has 0 radical (unpaired) electrons. The van der Waals surface area contributed by atoms with Crippen LogP contribution in [0.15, 0.2) is 0 Å². The highest BCUT2D eigenvalue weighted by molar-refractivity contribution is 5.79. The first-order chi connectivity index (χ1) is 8.69. The summed E-state index contributed by atoms with van der Waals surface area (Å²) in [5.41, 5.74) is 5.83. The first-order valence-corrected chi connectivity index (χ1v) is 7.06. The van der Waals surface area contributed by atoms with Gasteiger partial charge in [-0.3, -0.25) is 9.69 Å². The first kappa shape index (κ1) is 13.8. The van der Waals surface area contributed by atoms with Gasteiger partial charge in [0.05, 0.1) is 12.7 Å². The van der Waals surface area contributed by atoms with Crippen molar-refractivity contribution in [3.63, 3.8) is 0 Å². The molecule has 2 fully saturated rings. The van der Waals surface area contributed by atoms with E-state index in [-0.39, 0.29) is 24.0 Å². The average molecular weight is 255 g/mol. The maximum absolute atomic E-state index is 11.9. The summed E-state index contributed by atoms with van der Waals surface area (Å²) in [4.78, 5) is 14.3. The Bertz CT molecular complexity index is 285. The van der Waals surface area contributed by atoms with Gasteiger partial charge in [-0.25, -0.2) is 0 Å². The third-order valence-electron chi connectivity index (χ3n) is 4.02. The molecule has 18 heavy (non-hydrogen) atoms. The number of nitrogens with zero attached hydrogens (tertiary/aromatic N) is 1. The lowest BCUT2D eigenvalue weighted by molar-refractivity contribution is -0.126. The zero-order valence-electron chi connectivity index (χ0n) is 11.2. The maximum Gasteiger partial charge on any atom is 0.223 e. The molecule has 0 aromatic carbocycles. The maximum atomic E-state index is 11.9. The molecule has 0 aromatic heterocycles. The van der Waals surface area contributed by atoms with Gasteiger partial charge >= 0.3 is 0 Å². The van der Waals surface area contributed by atoms with Crippen LogP contribution in [0.5, 0.6) is 0 Å². The third-order valence-corrected chi connectivity index (χ3v) is 4.02. The van der Waals surface area contributed by atoms with E-state index in [4.69, 9.17) is 10.5 Å². The van der Waals surface area contributed by atoms with E-state index in [1.165, 1.54) is 0 Å². The minimum atomic E-state index is 0.117. The summed E-state index contributed by atoms with van der Waals surface area (Å²) in [6.07, 6.45) is 2.87. The van der Waals surface area contributed by atoms with Gasteiger partial charge < -0.3 is 15.8 Å². The Labute approximate surface area is 109 Å². The predicted octanol–water partition coefficient (Wildman–Crippen LogP) is -0.0493. The van der Waals surface area contributed by atoms with Crippen molar-refractivity contribution < 1.29 is 9.53 Å². The van der Waals surface area contributed by atoms with Crippen molar-refractivity contribution in [3.8, 4) is 0 Å². The molecule has 1 saturated heterocycles. The molecule has 2 aliphatic rings. The van der Waals surface area contributed by atoms with Crippen LogP contribution in [0.3, 0.4) is 0 Å². The van der Waals surface area contributed by atoms with Crippen LogP contribution in [-0.4, -0.2) is 55.7 Å². The second-order valence-electron chi connectivity index (χ2n) is 5.40. The van der Waals surface area contributed by atoms with Crippen LogP contribution in [-0.2, 0) is 9.53 Å². The highest BCUT2D eigenvalue weighted by Gasteiger charge is 2.28. The molecule has 5 heteroatoms. The van der Waals surface area contributed by atoms with Gasteiger partial charge in [0.25, 0.3) is 0 Å². The fourth-order valence-corrected chi connectivity index (χ4v) is 2.80. The highest BCUT2D eigenvalue weighted by atomic mass is 16.5. The van der Waals surface area contributed by atoms with Gasteiger partial charge in [0.1, 0.15) is 0 Å². The summed E-state index contributed by atoms with van der Waals surface area (Å²) >= 11 is 0. The second-order valence-corrected chi connectivity index (χ2v) is 5.40. The van der Waals surface area contributed by atoms with E-state index >= 15 is 0 Å². The zero-order chi connectivity index (χ0) is 13.0. The van der Waals surface area contributed by atoms with Crippen molar-refractivity contribution in [1.29, 1.82) is 0 Å². The quantitative estimate of drug-likeness (QED) is 0.739. The fourth-order valence-electron chi connectivity index (χ4n) is 2.80. The Hall–Kier alpha value is -0.650. The minimum Gasteiger partial charge on any atom is -0.374 e. The summed E-state index contributed by atoms with van der Waals surface area (Å²) in [6.45, 7) is 6.51. The van der Waals surface area contributed by atoms with E-state index in [9.17, 15) is 4.79 Å². The zero-order valence-corrected chi connectivity index (χ0v) is 11.2. The predicted molar refractivity (Wildman–Crippen MR) is 70.2 cm³/mol. The Morgan fingerprint density at radius 2 is 2.33 bits per heavy atom. The van der Waals surface area contributed by atoms with Gasteiger partial charge in [-0.15, -0.1) is 0 Å². The van der Waals surface area contributed by atoms with E-state index in [1.54, 1.807) is 0 Å². The molecule has 1 aliphatic heterocycles. The molecule has 3 atom stereocenters. The van der Waals surface area contributed by atoms with E-state index in [2.05, 4.69) is 17.1 Å². The molecular weight excluding hydrogens is 230 g/mol. The summed E-state index contributed by atoms with van der Waals surface area (Å²) in [5.74, 6) is 0.269. The molecule has 0 bridgehead atoms. The van der Waals surface area contributed by atoms with Gasteiger partial charge in [-0.2, -0.15) is 0 Å². The van der Waals surface area contributed by atoms with Crippen LogP contribution >= 0.6 is 0 Å². The van der Waals surface area contributed by atoms with Crippen LogP contribution in [0.25, 0.3) is 0 Å². The summed E-state index contributed by atoms with van der Waals surface area (Å²) < 4.78 is 5.66. The molecule has 2 rings (SSSR count). The molecule has 3 unspecified atom stereocenters. The SMILES string of the molecule is CCN1CCOC(CNC(=O)C2CCC(N)C2)C1. The summed E-state index contributed by atoms with van der Waals surface area (Å²) in [6, 6.07) is 0.210. The number of carbonyl (C=O) groups is 1. The molecule has 1 heterocycles. The van der Waals surface area contributed by atoms with Crippen LogP contribution < -0.4 is 11.1 Å². The van der Waals surface area contributed by atoms with Crippen molar-refractivity contribution in [2.45, 2.75) is 38.3 Å². The molecule has 5 nitrogen and oxygen atoms in total. The lowest BCUT2D eigenvalue weighted by Gasteiger charge is -2.32. The summed E-state index contributed by atoms with van der Waals surface area (Å²) in [5, 5.41) is 3.01. The van der Waals surface area contributed by atoms with Gasteiger partial charge in [-0.05, 0) is 25.8 Å². The number of likely N-dealkylation sites (N-methyl/N-ethyl adjacent to an activating group) is 1. The standard InChI is InChI=1S/C13H25N3O2/c1-2-16-5-6-18-12(9-16)8-15-13(17)10-3-4-11(14)7-10/h10-12H,2-9,14H2,1H3,(H,15,17). The third kappa shape index (κ3) is 3.67. The van der Waals surface area contributed by atoms with Crippen molar-refractivity contribution in [3.05, 3.63) is 0 Å². The van der Waals surface area contributed by atoms with Gasteiger partial charge in [0.15, 0.2) is 0 Å². The normalized spacial score (nSPS) is 33.6. The molecule has 104 valence electrons. The number of hydrogen-bond donors (Lipinski definition) is 2. The van der Waals surface area contributed by atoms with Crippen molar-refractivity contribution >= 4 is 5.91 Å². The topological polar surface area (TPSA) is 67.6 Å². The molecular formula is C13H25N3O2. The second kappa shape index (κ2) is 6.50. The van der Waals surface area contributed by atoms with Gasteiger partial charge in [0, 0.05) is 31.6 Å². The molecule has 1 amide bonds. The number of morpholine rings is 1. The smallest absolute Gasteiger partial charge is 0.223 e. The van der Waals surface area contributed by atoms with Crippen molar-refractivity contribution in [2.24, 2.45) is 11.7 Å². The fraction of sp³-hybridized carbons (Fsp3) is 0.923. The lowest BCUT2D eigenvalue weighted by Crippen LogP contribution is -2.48. The Balaban J connectivity index is 1.69. The number of hydrogen-bond acceptors (Lipinski definition) is 4. The monoisotopic (exact) mass is 255 g/mol.